The number of alkyl halides is 3. The summed E-state index contributed by atoms with van der Waals surface area (Å²) in [5.74, 6) is 0.124. The van der Waals surface area contributed by atoms with Crippen LogP contribution in [0.4, 0.5) is 18.9 Å². The summed E-state index contributed by atoms with van der Waals surface area (Å²) >= 11 is 0. The molecule has 2 heterocycles. The quantitative estimate of drug-likeness (QED) is 0.445. The number of amides is 1. The highest BCUT2D eigenvalue weighted by Gasteiger charge is 2.53. The first kappa shape index (κ1) is 27.3. The first-order chi connectivity index (χ1) is 16.8. The van der Waals surface area contributed by atoms with Crippen molar-refractivity contribution < 1.29 is 36.0 Å². The van der Waals surface area contributed by atoms with Crippen LogP contribution in [0.5, 0.6) is 0 Å². The number of nitrogens with one attached hydrogen (secondary N) is 3. The minimum absolute atomic E-state index is 0.0396. The molecule has 202 valence electrons. The Morgan fingerprint density at radius 2 is 1.89 bits per heavy atom. The average molecular weight is 534 g/mol. The van der Waals surface area contributed by atoms with Crippen LogP contribution in [0.2, 0.25) is 0 Å². The molecule has 0 bridgehead atoms. The van der Waals surface area contributed by atoms with Crippen LogP contribution >= 0.6 is 0 Å². The number of hydrogen-bond donors (Lipinski definition) is 4. The number of hydrogen-bond acceptors (Lipinski definition) is 5. The van der Waals surface area contributed by atoms with Crippen molar-refractivity contribution in [3.63, 3.8) is 0 Å². The van der Waals surface area contributed by atoms with E-state index in [4.69, 9.17) is 9.88 Å². The zero-order valence-corrected chi connectivity index (χ0v) is 21.5. The minimum atomic E-state index is -4.67. The van der Waals surface area contributed by atoms with Gasteiger partial charge in [-0.25, -0.2) is 9.93 Å². The predicted octanol–water partition coefficient (Wildman–Crippen LogP) is 1.75. The van der Waals surface area contributed by atoms with Crippen LogP contribution in [0.25, 0.3) is 0 Å². The monoisotopic (exact) mass is 533 g/mol. The highest BCUT2D eigenvalue weighted by atomic mass is 32.2. The predicted molar refractivity (Wildman–Crippen MR) is 128 cm³/mol. The third-order valence-electron chi connectivity index (χ3n) is 8.12. The lowest BCUT2D eigenvalue weighted by atomic mass is 9.73. The SMILES string of the molecule is CC(C)[C@]1(C(=O)[NH+]2CCc3c(cc(C(F)(F)F)cc3NS(N)(=O)=O)C2)CC[C@@H](NC2CCOCC2)C1. The molecule has 12 heteroatoms. The van der Waals surface area contributed by atoms with E-state index in [2.05, 4.69) is 5.32 Å². The molecule has 1 unspecified atom stereocenters. The Kier molecular flexibility index (Phi) is 7.74. The van der Waals surface area contributed by atoms with Crippen LogP contribution in [0.15, 0.2) is 12.1 Å². The fourth-order valence-corrected chi connectivity index (χ4v) is 6.63. The second-order valence-corrected chi connectivity index (χ2v) is 12.0. The smallest absolute Gasteiger partial charge is 0.381 e. The maximum Gasteiger partial charge on any atom is 0.416 e. The van der Waals surface area contributed by atoms with E-state index in [1.807, 2.05) is 18.6 Å². The Labute approximate surface area is 210 Å². The molecule has 1 saturated heterocycles. The molecule has 1 aliphatic carbocycles. The van der Waals surface area contributed by atoms with Crippen molar-refractivity contribution in [2.75, 3.05) is 24.5 Å². The second kappa shape index (κ2) is 10.2. The number of halogens is 3. The summed E-state index contributed by atoms with van der Waals surface area (Å²) in [6, 6.07) is 2.40. The molecule has 3 aliphatic rings. The summed E-state index contributed by atoms with van der Waals surface area (Å²) in [6.45, 7) is 6.01. The standard InChI is InChI=1S/C24H35F3N4O4S/c1-15(2)23(7-3-19(13-23)29-18-5-9-35-10-6-18)22(32)31-8-4-20-16(14-31)11-17(24(25,26)27)12-21(20)30-36(28,33)34/h11-12,15,18-19,29-30H,3-10,13-14H2,1-2H3,(H2,28,33,34)/p+1/t19-,23+/m1/s1. The minimum Gasteiger partial charge on any atom is -0.381 e. The molecule has 36 heavy (non-hydrogen) atoms. The lowest BCUT2D eigenvalue weighted by molar-refractivity contribution is -0.841. The van der Waals surface area contributed by atoms with Crippen molar-refractivity contribution in [2.24, 2.45) is 16.5 Å². The molecule has 0 spiro atoms. The number of benzene rings is 1. The van der Waals surface area contributed by atoms with E-state index in [0.717, 1.165) is 51.0 Å². The van der Waals surface area contributed by atoms with Crippen molar-refractivity contribution in [2.45, 2.75) is 77.2 Å². The zero-order valence-electron chi connectivity index (χ0n) is 20.7. The van der Waals surface area contributed by atoms with Crippen molar-refractivity contribution in [3.8, 4) is 0 Å². The molecule has 1 saturated carbocycles. The zero-order chi connectivity index (χ0) is 26.3. The van der Waals surface area contributed by atoms with Gasteiger partial charge in [0.25, 0.3) is 10.2 Å². The van der Waals surface area contributed by atoms with Gasteiger partial charge in [0.15, 0.2) is 0 Å². The molecule has 4 rings (SSSR count). The number of nitrogens with two attached hydrogens (primary N) is 1. The average Bonchev–Trinajstić information content (AvgIpc) is 3.22. The molecule has 5 N–H and O–H groups in total. The van der Waals surface area contributed by atoms with Gasteiger partial charge in [-0.3, -0.25) is 9.62 Å². The molecule has 1 amide bonds. The molecule has 1 aromatic rings. The fourth-order valence-electron chi connectivity index (χ4n) is 6.14. The summed E-state index contributed by atoms with van der Waals surface area (Å²) in [7, 11) is -4.26. The molecule has 0 radical (unpaired) electrons. The van der Waals surface area contributed by atoms with Crippen LogP contribution < -0.4 is 20.1 Å². The Balaban J connectivity index is 1.57. The van der Waals surface area contributed by atoms with E-state index in [9.17, 15) is 26.4 Å². The fraction of sp³-hybridized carbons (Fsp3) is 0.708. The summed E-state index contributed by atoms with van der Waals surface area (Å²) < 4.78 is 71.4. The number of anilines is 1. The normalized spacial score (nSPS) is 27.8. The lowest BCUT2D eigenvalue weighted by Crippen LogP contribution is -3.16. The number of rotatable bonds is 6. The number of fused-ring (bicyclic) bond motifs is 1. The Morgan fingerprint density at radius 3 is 2.50 bits per heavy atom. The Bertz CT molecular complexity index is 1090. The van der Waals surface area contributed by atoms with Gasteiger partial charge >= 0.3 is 12.1 Å². The van der Waals surface area contributed by atoms with Crippen molar-refractivity contribution in [1.29, 1.82) is 0 Å². The number of ether oxygens (including phenoxy) is 1. The van der Waals surface area contributed by atoms with Gasteiger partial charge in [0.1, 0.15) is 6.54 Å². The van der Waals surface area contributed by atoms with Gasteiger partial charge in [0, 0.05) is 37.3 Å². The van der Waals surface area contributed by atoms with E-state index in [-0.39, 0.29) is 36.5 Å². The highest BCUT2D eigenvalue weighted by Crippen LogP contribution is 2.44. The topological polar surface area (TPSA) is 115 Å². The molecule has 2 aliphatic heterocycles. The van der Waals surface area contributed by atoms with Crippen LogP contribution in [0, 0.1) is 11.3 Å². The van der Waals surface area contributed by atoms with Crippen LogP contribution in [-0.2, 0) is 38.9 Å². The van der Waals surface area contributed by atoms with Gasteiger partial charge < -0.3 is 10.1 Å². The Morgan fingerprint density at radius 1 is 1.19 bits per heavy atom. The first-order valence-electron chi connectivity index (χ1n) is 12.6. The molecular weight excluding hydrogens is 497 g/mol. The van der Waals surface area contributed by atoms with Crippen LogP contribution in [0.1, 0.15) is 62.6 Å². The number of carbonyl (C=O) groups excluding carboxylic acids is 1. The Hall–Kier alpha value is -1.73. The van der Waals surface area contributed by atoms with Gasteiger partial charge in [0.05, 0.1) is 23.2 Å². The maximum absolute atomic E-state index is 14.0. The molecule has 2 fully saturated rings. The lowest BCUT2D eigenvalue weighted by Gasteiger charge is -2.36. The van der Waals surface area contributed by atoms with Crippen molar-refractivity contribution in [1.82, 2.24) is 5.32 Å². The van der Waals surface area contributed by atoms with Gasteiger partial charge in [-0.2, -0.15) is 21.6 Å². The summed E-state index contributed by atoms with van der Waals surface area (Å²) in [5.41, 5.74) is -0.925. The number of carbonyl (C=O) groups is 1. The van der Waals surface area contributed by atoms with Gasteiger partial charge in [-0.1, -0.05) is 13.8 Å². The van der Waals surface area contributed by atoms with E-state index in [0.29, 0.717) is 35.0 Å². The van der Waals surface area contributed by atoms with E-state index >= 15 is 0 Å². The van der Waals surface area contributed by atoms with Gasteiger partial charge in [-0.05, 0) is 55.7 Å². The summed E-state index contributed by atoms with van der Waals surface area (Å²) in [4.78, 5) is 14.6. The van der Waals surface area contributed by atoms with Crippen LogP contribution in [-0.4, -0.2) is 46.2 Å². The molecule has 0 aromatic heterocycles. The molecular formula is C24H36F3N4O4S+. The van der Waals surface area contributed by atoms with E-state index < -0.39 is 27.4 Å². The summed E-state index contributed by atoms with van der Waals surface area (Å²) in [6.07, 6.45) is -0.178. The van der Waals surface area contributed by atoms with Crippen molar-refractivity contribution >= 4 is 21.8 Å². The first-order valence-corrected chi connectivity index (χ1v) is 14.1. The molecule has 1 aromatic carbocycles. The van der Waals surface area contributed by atoms with Gasteiger partial charge in [-0.15, -0.1) is 0 Å². The maximum atomic E-state index is 14.0. The van der Waals surface area contributed by atoms with Gasteiger partial charge in [0.2, 0.25) is 0 Å². The molecule has 8 nitrogen and oxygen atoms in total. The van der Waals surface area contributed by atoms with E-state index in [1.165, 1.54) is 0 Å². The molecule has 3 atom stereocenters. The van der Waals surface area contributed by atoms with Crippen LogP contribution in [0.3, 0.4) is 0 Å². The highest BCUT2D eigenvalue weighted by molar-refractivity contribution is 7.90. The third kappa shape index (κ3) is 5.88. The second-order valence-electron chi connectivity index (χ2n) is 10.7. The summed E-state index contributed by atoms with van der Waals surface area (Å²) in [5, 5.41) is 8.77. The van der Waals surface area contributed by atoms with E-state index in [1.54, 1.807) is 0 Å². The number of quaternary nitrogens is 1. The van der Waals surface area contributed by atoms with Crippen molar-refractivity contribution in [3.05, 3.63) is 28.8 Å². The third-order valence-corrected chi connectivity index (χ3v) is 8.63. The largest absolute Gasteiger partial charge is 0.416 e.